The minimum Gasteiger partial charge on any atom is -0.497 e. The summed E-state index contributed by atoms with van der Waals surface area (Å²) in [5.74, 6) is 2.16. The Kier molecular flexibility index (Phi) is 7.73. The van der Waals surface area contributed by atoms with Crippen LogP contribution in [-0.4, -0.2) is 25.7 Å². The lowest BCUT2D eigenvalue weighted by Gasteiger charge is -2.08. The Bertz CT molecular complexity index is 333. The molecule has 4 heteroatoms. The minimum absolute atomic E-state index is 0.886. The molecule has 0 saturated heterocycles. The van der Waals surface area contributed by atoms with Gasteiger partial charge in [0.25, 0.3) is 0 Å². The average Bonchev–Trinajstić information content (AvgIpc) is 2.35. The summed E-state index contributed by atoms with van der Waals surface area (Å²) in [6.07, 6.45) is 4.68. The van der Waals surface area contributed by atoms with Crippen molar-refractivity contribution in [1.82, 2.24) is 5.32 Å². The maximum Gasteiger partial charge on any atom is 0.119 e. The highest BCUT2D eigenvalue weighted by atomic mass is 79.9. The summed E-state index contributed by atoms with van der Waals surface area (Å²) in [6.45, 7) is 1.96. The highest BCUT2D eigenvalue weighted by molar-refractivity contribution is 9.10. The number of hydrogen-bond acceptors (Lipinski definition) is 3. The van der Waals surface area contributed by atoms with Crippen molar-refractivity contribution < 1.29 is 4.74 Å². The zero-order valence-electron chi connectivity index (χ0n) is 10.5. The Morgan fingerprint density at radius 1 is 1.35 bits per heavy atom. The molecular formula is C13H20BrNOS. The fourth-order valence-corrected chi connectivity index (χ4v) is 2.41. The highest BCUT2D eigenvalue weighted by Crippen LogP contribution is 2.22. The van der Waals surface area contributed by atoms with Crippen LogP contribution in [0.1, 0.15) is 18.4 Å². The van der Waals surface area contributed by atoms with E-state index in [9.17, 15) is 0 Å². The zero-order valence-corrected chi connectivity index (χ0v) is 12.9. The Balaban J connectivity index is 2.30. The Hall–Kier alpha value is -0.190. The predicted octanol–water partition coefficient (Wildman–Crippen LogP) is 3.69. The molecule has 0 saturated carbocycles. The van der Waals surface area contributed by atoms with Crippen molar-refractivity contribution in [1.29, 1.82) is 0 Å². The number of halogens is 1. The topological polar surface area (TPSA) is 21.3 Å². The van der Waals surface area contributed by atoms with Crippen molar-refractivity contribution in [2.24, 2.45) is 0 Å². The largest absolute Gasteiger partial charge is 0.497 e. The van der Waals surface area contributed by atoms with Crippen molar-refractivity contribution in [2.75, 3.05) is 25.7 Å². The monoisotopic (exact) mass is 317 g/mol. The summed E-state index contributed by atoms with van der Waals surface area (Å²) in [4.78, 5) is 0. The molecule has 1 N–H and O–H groups in total. The molecule has 1 rings (SSSR count). The first-order valence-corrected chi connectivity index (χ1v) is 7.98. The summed E-state index contributed by atoms with van der Waals surface area (Å²) < 4.78 is 6.35. The molecule has 1 aromatic rings. The third kappa shape index (κ3) is 5.80. The van der Waals surface area contributed by atoms with Gasteiger partial charge < -0.3 is 10.1 Å². The maximum absolute atomic E-state index is 5.22. The number of nitrogens with one attached hydrogen (secondary N) is 1. The van der Waals surface area contributed by atoms with Crippen LogP contribution >= 0.6 is 27.7 Å². The van der Waals surface area contributed by atoms with Gasteiger partial charge in [-0.3, -0.25) is 0 Å². The van der Waals surface area contributed by atoms with Gasteiger partial charge in [-0.2, -0.15) is 11.8 Å². The third-order valence-corrected chi connectivity index (χ3v) is 3.99. The number of unbranched alkanes of at least 4 members (excludes halogenated alkanes) is 1. The lowest BCUT2D eigenvalue weighted by molar-refractivity contribution is 0.414. The minimum atomic E-state index is 0.886. The lowest BCUT2D eigenvalue weighted by atomic mass is 10.2. The number of benzene rings is 1. The predicted molar refractivity (Wildman–Crippen MR) is 80.0 cm³/mol. The second-order valence-corrected chi connectivity index (χ2v) is 5.67. The normalized spacial score (nSPS) is 10.5. The van der Waals surface area contributed by atoms with Crippen molar-refractivity contribution in [3.8, 4) is 5.75 Å². The van der Waals surface area contributed by atoms with Crippen LogP contribution in [0.25, 0.3) is 0 Å². The molecule has 0 fully saturated rings. The number of hydrogen-bond donors (Lipinski definition) is 1. The molecule has 0 aliphatic carbocycles. The van der Waals surface area contributed by atoms with Gasteiger partial charge in [0.1, 0.15) is 5.75 Å². The lowest BCUT2D eigenvalue weighted by Crippen LogP contribution is -2.15. The van der Waals surface area contributed by atoms with Crippen LogP contribution in [0, 0.1) is 0 Å². The van der Waals surface area contributed by atoms with E-state index in [1.165, 1.54) is 24.2 Å². The Labute approximate surface area is 117 Å². The van der Waals surface area contributed by atoms with Crippen LogP contribution in [-0.2, 0) is 6.54 Å². The fraction of sp³-hybridized carbons (Fsp3) is 0.538. The highest BCUT2D eigenvalue weighted by Gasteiger charge is 2.01. The molecule has 0 aliphatic rings. The van der Waals surface area contributed by atoms with Crippen LogP contribution in [0.5, 0.6) is 5.75 Å². The Morgan fingerprint density at radius 3 is 2.88 bits per heavy atom. The molecule has 0 bridgehead atoms. The quantitative estimate of drug-likeness (QED) is 0.739. The molecule has 0 aromatic heterocycles. The first-order chi connectivity index (χ1) is 8.27. The standard InChI is InChI=1S/C13H20BrNOS/c1-16-12-5-6-13(14)11(9-12)10-15-7-3-4-8-17-2/h5-6,9,15H,3-4,7-8,10H2,1-2H3. The number of thioether (sulfide) groups is 1. The fourth-order valence-electron chi connectivity index (χ4n) is 1.53. The smallest absolute Gasteiger partial charge is 0.119 e. The molecule has 0 atom stereocenters. The van der Waals surface area contributed by atoms with Crippen molar-refractivity contribution in [3.05, 3.63) is 28.2 Å². The third-order valence-electron chi connectivity index (χ3n) is 2.52. The summed E-state index contributed by atoms with van der Waals surface area (Å²) in [7, 11) is 1.70. The van der Waals surface area contributed by atoms with Gasteiger partial charge in [0, 0.05) is 11.0 Å². The molecule has 0 aliphatic heterocycles. The van der Waals surface area contributed by atoms with Gasteiger partial charge in [0.2, 0.25) is 0 Å². The van der Waals surface area contributed by atoms with E-state index in [2.05, 4.69) is 33.6 Å². The van der Waals surface area contributed by atoms with Crippen LogP contribution in [0.4, 0.5) is 0 Å². The van der Waals surface area contributed by atoms with E-state index in [1.54, 1.807) is 7.11 Å². The van der Waals surface area contributed by atoms with Crippen LogP contribution in [0.15, 0.2) is 22.7 Å². The van der Waals surface area contributed by atoms with Gasteiger partial charge in [0.05, 0.1) is 7.11 Å². The van der Waals surface area contributed by atoms with E-state index in [4.69, 9.17) is 4.74 Å². The van der Waals surface area contributed by atoms with Crippen LogP contribution in [0.2, 0.25) is 0 Å². The van der Waals surface area contributed by atoms with E-state index in [-0.39, 0.29) is 0 Å². The van der Waals surface area contributed by atoms with Gasteiger partial charge in [-0.15, -0.1) is 0 Å². The summed E-state index contributed by atoms with van der Waals surface area (Å²) in [6, 6.07) is 6.06. The molecule has 0 heterocycles. The van der Waals surface area contributed by atoms with Crippen molar-refractivity contribution >= 4 is 27.7 Å². The first-order valence-electron chi connectivity index (χ1n) is 5.80. The number of methoxy groups -OCH3 is 1. The van der Waals surface area contributed by atoms with Gasteiger partial charge >= 0.3 is 0 Å². The molecule has 1 aromatic carbocycles. The molecule has 0 spiro atoms. The molecule has 0 radical (unpaired) electrons. The van der Waals surface area contributed by atoms with Gasteiger partial charge in [-0.1, -0.05) is 15.9 Å². The first kappa shape index (κ1) is 14.9. The molecule has 2 nitrogen and oxygen atoms in total. The molecule has 96 valence electrons. The molecule has 17 heavy (non-hydrogen) atoms. The maximum atomic E-state index is 5.22. The van der Waals surface area contributed by atoms with E-state index in [1.807, 2.05) is 23.9 Å². The van der Waals surface area contributed by atoms with Gasteiger partial charge in [0.15, 0.2) is 0 Å². The second kappa shape index (κ2) is 8.84. The van der Waals surface area contributed by atoms with E-state index in [0.717, 1.165) is 23.3 Å². The summed E-state index contributed by atoms with van der Waals surface area (Å²) in [5.41, 5.74) is 1.24. The summed E-state index contributed by atoms with van der Waals surface area (Å²) >= 11 is 5.47. The van der Waals surface area contributed by atoms with Gasteiger partial charge in [-0.25, -0.2) is 0 Å². The van der Waals surface area contributed by atoms with Crippen molar-refractivity contribution in [2.45, 2.75) is 19.4 Å². The van der Waals surface area contributed by atoms with Crippen LogP contribution in [0.3, 0.4) is 0 Å². The second-order valence-electron chi connectivity index (χ2n) is 3.83. The summed E-state index contributed by atoms with van der Waals surface area (Å²) in [5, 5.41) is 3.46. The number of rotatable bonds is 8. The Morgan fingerprint density at radius 2 is 2.18 bits per heavy atom. The SMILES string of the molecule is COc1ccc(Br)c(CNCCCCSC)c1. The zero-order chi connectivity index (χ0) is 12.5. The number of ether oxygens (including phenoxy) is 1. The molecule has 0 amide bonds. The molecular weight excluding hydrogens is 298 g/mol. The van der Waals surface area contributed by atoms with Crippen molar-refractivity contribution in [3.63, 3.8) is 0 Å². The van der Waals surface area contributed by atoms with E-state index < -0.39 is 0 Å². The van der Waals surface area contributed by atoms with E-state index >= 15 is 0 Å². The molecule has 0 unspecified atom stereocenters. The van der Waals surface area contributed by atoms with Crippen LogP contribution < -0.4 is 10.1 Å². The average molecular weight is 318 g/mol. The van der Waals surface area contributed by atoms with E-state index in [0.29, 0.717) is 0 Å². The van der Waals surface area contributed by atoms with Gasteiger partial charge in [-0.05, 0) is 55.2 Å².